The molecule has 1 unspecified atom stereocenters. The van der Waals surface area contributed by atoms with E-state index in [1.54, 1.807) is 6.92 Å². The van der Waals surface area contributed by atoms with Crippen molar-refractivity contribution in [2.45, 2.75) is 19.4 Å². The topological polar surface area (TPSA) is 79.3 Å². The van der Waals surface area contributed by atoms with E-state index in [1.165, 1.54) is 6.07 Å². The molecule has 0 spiro atoms. The zero-order valence-corrected chi connectivity index (χ0v) is 8.61. The first-order valence-corrected chi connectivity index (χ1v) is 4.69. The zero-order valence-electron chi connectivity index (χ0n) is 8.61. The molecule has 6 heteroatoms. The third kappa shape index (κ3) is 3.01. The van der Waals surface area contributed by atoms with Crippen LogP contribution >= 0.6 is 0 Å². The number of aromatic nitrogens is 1. The molecular formula is C10H11FN2O3. The second-order valence-corrected chi connectivity index (χ2v) is 3.14. The Morgan fingerprint density at radius 3 is 2.81 bits per heavy atom. The van der Waals surface area contributed by atoms with Gasteiger partial charge in [0.05, 0.1) is 0 Å². The predicted octanol–water partition coefficient (Wildman–Crippen LogP) is 0.814. The average Bonchev–Trinajstić information content (AvgIpc) is 2.25. The number of carbonyl (C=O) groups is 2. The van der Waals surface area contributed by atoms with E-state index < -0.39 is 23.9 Å². The van der Waals surface area contributed by atoms with Gasteiger partial charge in [-0.2, -0.15) is 4.39 Å². The molecule has 0 aromatic carbocycles. The second kappa shape index (κ2) is 5.20. The highest BCUT2D eigenvalue weighted by Gasteiger charge is 2.18. The number of rotatable bonds is 4. The number of hydrogen-bond acceptors (Lipinski definition) is 3. The minimum Gasteiger partial charge on any atom is -0.480 e. The Labute approximate surface area is 91.3 Å². The fourth-order valence-electron chi connectivity index (χ4n) is 1.12. The summed E-state index contributed by atoms with van der Waals surface area (Å²) in [6, 6.07) is 1.29. The smallest absolute Gasteiger partial charge is 0.326 e. The molecule has 2 N–H and O–H groups in total. The van der Waals surface area contributed by atoms with Crippen LogP contribution in [0.3, 0.4) is 0 Å². The van der Waals surface area contributed by atoms with Crippen molar-refractivity contribution >= 4 is 11.9 Å². The minimum atomic E-state index is -1.12. The maximum atomic E-state index is 12.7. The molecule has 0 aliphatic rings. The standard InChI is InChI=1S/C10H11FN2O3/c1-2-7(10(15)16)13-9(14)6-3-4-12-8(11)5-6/h3-5,7H,2H2,1H3,(H,13,14)(H,15,16). The molecule has 0 radical (unpaired) electrons. The van der Waals surface area contributed by atoms with Gasteiger partial charge in [0, 0.05) is 17.8 Å². The molecule has 1 aromatic heterocycles. The molecular weight excluding hydrogens is 215 g/mol. The van der Waals surface area contributed by atoms with Crippen LogP contribution < -0.4 is 5.32 Å². The number of aliphatic carboxylic acids is 1. The van der Waals surface area contributed by atoms with Crippen LogP contribution in [0.2, 0.25) is 0 Å². The maximum Gasteiger partial charge on any atom is 0.326 e. The summed E-state index contributed by atoms with van der Waals surface area (Å²) in [6.07, 6.45) is 1.40. The molecule has 1 rings (SSSR count). The lowest BCUT2D eigenvalue weighted by Gasteiger charge is -2.11. The monoisotopic (exact) mass is 226 g/mol. The van der Waals surface area contributed by atoms with Crippen molar-refractivity contribution in [3.8, 4) is 0 Å². The van der Waals surface area contributed by atoms with E-state index in [9.17, 15) is 14.0 Å². The molecule has 0 aliphatic heterocycles. The van der Waals surface area contributed by atoms with Gasteiger partial charge in [0.15, 0.2) is 0 Å². The summed E-state index contributed by atoms with van der Waals surface area (Å²) in [5.74, 6) is -2.53. The highest BCUT2D eigenvalue weighted by Crippen LogP contribution is 2.01. The first-order valence-electron chi connectivity index (χ1n) is 4.69. The highest BCUT2D eigenvalue weighted by molar-refractivity contribution is 5.96. The number of amides is 1. The first-order chi connectivity index (χ1) is 7.54. The molecule has 0 fully saturated rings. The number of nitrogens with one attached hydrogen (secondary N) is 1. The maximum absolute atomic E-state index is 12.7. The van der Waals surface area contributed by atoms with Gasteiger partial charge in [-0.05, 0) is 12.5 Å². The third-order valence-corrected chi connectivity index (χ3v) is 2.00. The summed E-state index contributed by atoms with van der Waals surface area (Å²) in [7, 11) is 0. The van der Waals surface area contributed by atoms with Crippen LogP contribution in [0.5, 0.6) is 0 Å². The third-order valence-electron chi connectivity index (χ3n) is 2.00. The molecule has 1 amide bonds. The number of pyridine rings is 1. The van der Waals surface area contributed by atoms with Crippen LogP contribution in [0, 0.1) is 5.95 Å². The van der Waals surface area contributed by atoms with Gasteiger partial charge < -0.3 is 10.4 Å². The molecule has 0 aliphatic carbocycles. The summed E-state index contributed by atoms with van der Waals surface area (Å²) >= 11 is 0. The lowest BCUT2D eigenvalue weighted by Crippen LogP contribution is -2.40. The van der Waals surface area contributed by atoms with Gasteiger partial charge in [-0.1, -0.05) is 6.92 Å². The van der Waals surface area contributed by atoms with Gasteiger partial charge in [0.25, 0.3) is 5.91 Å². The normalized spacial score (nSPS) is 11.9. The number of carboxylic acids is 1. The van der Waals surface area contributed by atoms with Crippen LogP contribution in [0.15, 0.2) is 18.3 Å². The van der Waals surface area contributed by atoms with Crippen molar-refractivity contribution < 1.29 is 19.1 Å². The molecule has 86 valence electrons. The summed E-state index contributed by atoms with van der Waals surface area (Å²) in [4.78, 5) is 25.5. The van der Waals surface area contributed by atoms with Gasteiger partial charge in [0.1, 0.15) is 6.04 Å². The number of hydrogen-bond donors (Lipinski definition) is 2. The zero-order chi connectivity index (χ0) is 12.1. The van der Waals surface area contributed by atoms with E-state index in [0.29, 0.717) is 0 Å². The van der Waals surface area contributed by atoms with E-state index >= 15 is 0 Å². The Morgan fingerprint density at radius 2 is 2.31 bits per heavy atom. The molecule has 16 heavy (non-hydrogen) atoms. The lowest BCUT2D eigenvalue weighted by molar-refractivity contribution is -0.139. The average molecular weight is 226 g/mol. The van der Waals surface area contributed by atoms with Gasteiger partial charge in [0.2, 0.25) is 5.95 Å². The number of carbonyl (C=O) groups excluding carboxylic acids is 1. The van der Waals surface area contributed by atoms with E-state index in [1.807, 2.05) is 0 Å². The number of nitrogens with zero attached hydrogens (tertiary/aromatic N) is 1. The Balaban J connectivity index is 2.75. The highest BCUT2D eigenvalue weighted by atomic mass is 19.1. The molecule has 0 saturated carbocycles. The fourth-order valence-corrected chi connectivity index (χ4v) is 1.12. The SMILES string of the molecule is CCC(NC(=O)c1ccnc(F)c1)C(=O)O. The van der Waals surface area contributed by atoms with Gasteiger partial charge in [-0.15, -0.1) is 0 Å². The van der Waals surface area contributed by atoms with E-state index in [0.717, 1.165) is 12.3 Å². The van der Waals surface area contributed by atoms with Gasteiger partial charge in [-0.3, -0.25) is 4.79 Å². The van der Waals surface area contributed by atoms with Crippen molar-refractivity contribution in [1.29, 1.82) is 0 Å². The first kappa shape index (κ1) is 12.1. The van der Waals surface area contributed by atoms with Crippen LogP contribution in [0.1, 0.15) is 23.7 Å². The van der Waals surface area contributed by atoms with Crippen molar-refractivity contribution in [2.75, 3.05) is 0 Å². The Morgan fingerprint density at radius 1 is 1.62 bits per heavy atom. The second-order valence-electron chi connectivity index (χ2n) is 3.14. The fraction of sp³-hybridized carbons (Fsp3) is 0.300. The molecule has 1 heterocycles. The summed E-state index contributed by atoms with van der Waals surface area (Å²) in [5.41, 5.74) is 0.0483. The van der Waals surface area contributed by atoms with Crippen molar-refractivity contribution in [3.05, 3.63) is 29.8 Å². The van der Waals surface area contributed by atoms with Crippen molar-refractivity contribution in [2.24, 2.45) is 0 Å². The number of halogens is 1. The summed E-state index contributed by atoms with van der Waals surface area (Å²) < 4.78 is 12.7. The lowest BCUT2D eigenvalue weighted by atomic mass is 10.2. The van der Waals surface area contributed by atoms with Crippen LogP contribution in [0.4, 0.5) is 4.39 Å². The van der Waals surface area contributed by atoms with E-state index in [-0.39, 0.29) is 12.0 Å². The van der Waals surface area contributed by atoms with Crippen molar-refractivity contribution in [1.82, 2.24) is 10.3 Å². The van der Waals surface area contributed by atoms with Gasteiger partial charge >= 0.3 is 5.97 Å². The van der Waals surface area contributed by atoms with Crippen LogP contribution in [-0.2, 0) is 4.79 Å². The summed E-state index contributed by atoms with van der Waals surface area (Å²) in [5, 5.41) is 11.0. The molecule has 0 saturated heterocycles. The van der Waals surface area contributed by atoms with E-state index in [2.05, 4.69) is 10.3 Å². The number of carboxylic acid groups (broad SMARTS) is 1. The van der Waals surface area contributed by atoms with Crippen molar-refractivity contribution in [3.63, 3.8) is 0 Å². The summed E-state index contributed by atoms with van der Waals surface area (Å²) in [6.45, 7) is 1.63. The molecule has 0 bridgehead atoms. The van der Waals surface area contributed by atoms with Crippen LogP contribution in [0.25, 0.3) is 0 Å². The Kier molecular flexibility index (Phi) is 3.93. The Bertz CT molecular complexity index is 409. The molecule has 1 atom stereocenters. The predicted molar refractivity (Wildman–Crippen MR) is 53.4 cm³/mol. The molecule has 5 nitrogen and oxygen atoms in total. The Hall–Kier alpha value is -1.98. The largest absolute Gasteiger partial charge is 0.480 e. The minimum absolute atomic E-state index is 0.0483. The van der Waals surface area contributed by atoms with E-state index in [4.69, 9.17) is 5.11 Å². The van der Waals surface area contributed by atoms with Crippen LogP contribution in [-0.4, -0.2) is 28.0 Å². The quantitative estimate of drug-likeness (QED) is 0.745. The molecule has 1 aromatic rings. The van der Waals surface area contributed by atoms with Gasteiger partial charge in [-0.25, -0.2) is 9.78 Å².